The SMILES string of the molecule is CC(C)(C)CC(=O)c1ccc2c(c1)CCCO2. The minimum atomic E-state index is 0.0451. The molecule has 0 amide bonds. The Hall–Kier alpha value is -1.31. The number of aryl methyl sites for hydroxylation is 1. The van der Waals surface area contributed by atoms with Crippen molar-refractivity contribution in [1.82, 2.24) is 0 Å². The number of Topliss-reactive ketones (excluding diaryl/α,β-unsaturated/α-hetero) is 1. The van der Waals surface area contributed by atoms with Crippen molar-refractivity contribution >= 4 is 5.78 Å². The van der Waals surface area contributed by atoms with Gasteiger partial charge in [0.1, 0.15) is 5.75 Å². The second kappa shape index (κ2) is 4.52. The summed E-state index contributed by atoms with van der Waals surface area (Å²) in [6, 6.07) is 5.82. The topological polar surface area (TPSA) is 26.3 Å². The van der Waals surface area contributed by atoms with Crippen LogP contribution in [-0.4, -0.2) is 12.4 Å². The van der Waals surface area contributed by atoms with Crippen LogP contribution in [-0.2, 0) is 6.42 Å². The maximum absolute atomic E-state index is 12.1. The highest BCUT2D eigenvalue weighted by atomic mass is 16.5. The van der Waals surface area contributed by atoms with Gasteiger partial charge in [0, 0.05) is 12.0 Å². The zero-order chi connectivity index (χ0) is 12.5. The minimum Gasteiger partial charge on any atom is -0.493 e. The number of rotatable bonds is 2. The first-order chi connectivity index (χ1) is 7.96. The summed E-state index contributed by atoms with van der Waals surface area (Å²) in [5.74, 6) is 1.18. The molecule has 0 radical (unpaired) electrons. The van der Waals surface area contributed by atoms with Crippen LogP contribution < -0.4 is 4.74 Å². The first-order valence-corrected chi connectivity index (χ1v) is 6.25. The van der Waals surface area contributed by atoms with Gasteiger partial charge in [0.15, 0.2) is 5.78 Å². The Balaban J connectivity index is 2.19. The molecule has 1 heterocycles. The van der Waals surface area contributed by atoms with Crippen molar-refractivity contribution in [3.8, 4) is 5.75 Å². The maximum Gasteiger partial charge on any atom is 0.163 e. The van der Waals surface area contributed by atoms with Gasteiger partial charge in [0.25, 0.3) is 0 Å². The van der Waals surface area contributed by atoms with Crippen LogP contribution in [0, 0.1) is 5.41 Å². The van der Waals surface area contributed by atoms with Crippen molar-refractivity contribution in [3.05, 3.63) is 29.3 Å². The molecule has 2 heteroatoms. The van der Waals surface area contributed by atoms with Gasteiger partial charge in [-0.15, -0.1) is 0 Å². The van der Waals surface area contributed by atoms with Gasteiger partial charge in [-0.25, -0.2) is 0 Å². The van der Waals surface area contributed by atoms with Crippen molar-refractivity contribution in [2.24, 2.45) is 5.41 Å². The average Bonchev–Trinajstić information content (AvgIpc) is 2.26. The van der Waals surface area contributed by atoms with Gasteiger partial charge in [0.2, 0.25) is 0 Å². The molecular formula is C15H20O2. The summed E-state index contributed by atoms with van der Waals surface area (Å²) < 4.78 is 5.55. The molecule has 1 aromatic rings. The second-order valence-electron chi connectivity index (χ2n) is 5.94. The first kappa shape index (κ1) is 12.2. The fourth-order valence-electron chi connectivity index (χ4n) is 2.12. The van der Waals surface area contributed by atoms with Gasteiger partial charge in [-0.1, -0.05) is 20.8 Å². The molecule has 0 saturated carbocycles. The molecule has 1 aromatic carbocycles. The van der Waals surface area contributed by atoms with Crippen LogP contribution in [0.3, 0.4) is 0 Å². The number of carbonyl (C=O) groups is 1. The van der Waals surface area contributed by atoms with Gasteiger partial charge >= 0.3 is 0 Å². The standard InChI is InChI=1S/C15H20O2/c1-15(2,3)10-13(16)11-6-7-14-12(9-11)5-4-8-17-14/h6-7,9H,4-5,8,10H2,1-3H3. The van der Waals surface area contributed by atoms with E-state index in [1.807, 2.05) is 18.2 Å². The summed E-state index contributed by atoms with van der Waals surface area (Å²) in [6.07, 6.45) is 2.66. The number of benzene rings is 1. The number of ether oxygens (including phenoxy) is 1. The van der Waals surface area contributed by atoms with Crippen molar-refractivity contribution in [2.45, 2.75) is 40.0 Å². The summed E-state index contributed by atoms with van der Waals surface area (Å²) in [5, 5.41) is 0. The molecule has 0 atom stereocenters. The molecule has 1 aliphatic heterocycles. The molecule has 2 rings (SSSR count). The molecule has 0 aliphatic carbocycles. The highest BCUT2D eigenvalue weighted by molar-refractivity contribution is 5.96. The van der Waals surface area contributed by atoms with Crippen LogP contribution in [0.4, 0.5) is 0 Å². The third-order valence-electron chi connectivity index (χ3n) is 2.92. The van der Waals surface area contributed by atoms with Crippen molar-refractivity contribution in [2.75, 3.05) is 6.61 Å². The zero-order valence-corrected chi connectivity index (χ0v) is 10.9. The predicted molar refractivity (Wildman–Crippen MR) is 68.7 cm³/mol. The maximum atomic E-state index is 12.1. The molecule has 0 N–H and O–H groups in total. The molecule has 1 aliphatic rings. The fourth-order valence-corrected chi connectivity index (χ4v) is 2.12. The predicted octanol–water partition coefficient (Wildman–Crippen LogP) is 3.63. The molecule has 0 unspecified atom stereocenters. The lowest BCUT2D eigenvalue weighted by molar-refractivity contribution is 0.0939. The first-order valence-electron chi connectivity index (χ1n) is 6.25. The van der Waals surface area contributed by atoms with Gasteiger partial charge in [0.05, 0.1) is 6.61 Å². The van der Waals surface area contributed by atoms with E-state index in [9.17, 15) is 4.79 Å². The van der Waals surface area contributed by atoms with E-state index in [1.165, 1.54) is 5.56 Å². The number of ketones is 1. The highest BCUT2D eigenvalue weighted by Crippen LogP contribution is 2.28. The highest BCUT2D eigenvalue weighted by Gasteiger charge is 2.19. The van der Waals surface area contributed by atoms with E-state index in [2.05, 4.69) is 20.8 Å². The minimum absolute atomic E-state index is 0.0451. The Bertz CT molecular complexity index is 427. The fraction of sp³-hybridized carbons (Fsp3) is 0.533. The summed E-state index contributed by atoms with van der Waals surface area (Å²) in [6.45, 7) is 7.06. The summed E-state index contributed by atoms with van der Waals surface area (Å²) in [7, 11) is 0. The second-order valence-corrected chi connectivity index (χ2v) is 5.94. The zero-order valence-electron chi connectivity index (χ0n) is 10.9. The Labute approximate surface area is 103 Å². The number of fused-ring (bicyclic) bond motifs is 1. The number of hydrogen-bond acceptors (Lipinski definition) is 2. The molecule has 17 heavy (non-hydrogen) atoms. The van der Waals surface area contributed by atoms with Crippen LogP contribution in [0.25, 0.3) is 0 Å². The van der Waals surface area contributed by atoms with E-state index in [0.717, 1.165) is 30.8 Å². The van der Waals surface area contributed by atoms with Crippen LogP contribution in [0.15, 0.2) is 18.2 Å². The Kier molecular flexibility index (Phi) is 3.23. The van der Waals surface area contributed by atoms with Crippen LogP contribution in [0.2, 0.25) is 0 Å². The van der Waals surface area contributed by atoms with E-state index < -0.39 is 0 Å². The molecule has 2 nitrogen and oxygen atoms in total. The van der Waals surface area contributed by atoms with E-state index in [0.29, 0.717) is 6.42 Å². The van der Waals surface area contributed by atoms with Crippen LogP contribution in [0.5, 0.6) is 5.75 Å². The molecular weight excluding hydrogens is 212 g/mol. The van der Waals surface area contributed by atoms with Crippen LogP contribution in [0.1, 0.15) is 49.5 Å². The monoisotopic (exact) mass is 232 g/mol. The molecule has 92 valence electrons. The smallest absolute Gasteiger partial charge is 0.163 e. The van der Waals surface area contributed by atoms with Crippen LogP contribution >= 0.6 is 0 Å². The quantitative estimate of drug-likeness (QED) is 0.728. The Morgan fingerprint density at radius 2 is 2.12 bits per heavy atom. The summed E-state index contributed by atoms with van der Waals surface area (Å²) in [4.78, 5) is 12.1. The number of hydrogen-bond donors (Lipinski definition) is 0. The normalized spacial score (nSPS) is 15.0. The molecule has 0 bridgehead atoms. The lowest BCUT2D eigenvalue weighted by atomic mass is 9.87. The van der Waals surface area contributed by atoms with Crippen molar-refractivity contribution < 1.29 is 9.53 Å². The average molecular weight is 232 g/mol. The molecule has 0 spiro atoms. The van der Waals surface area contributed by atoms with Gasteiger partial charge in [-0.3, -0.25) is 4.79 Å². The molecule has 0 saturated heterocycles. The molecule has 0 aromatic heterocycles. The lowest BCUT2D eigenvalue weighted by Crippen LogP contribution is -2.14. The van der Waals surface area contributed by atoms with E-state index >= 15 is 0 Å². The van der Waals surface area contributed by atoms with E-state index in [-0.39, 0.29) is 11.2 Å². The largest absolute Gasteiger partial charge is 0.493 e. The number of carbonyl (C=O) groups excluding carboxylic acids is 1. The van der Waals surface area contributed by atoms with Gasteiger partial charge < -0.3 is 4.74 Å². The van der Waals surface area contributed by atoms with Gasteiger partial charge in [-0.05, 0) is 42.0 Å². The summed E-state index contributed by atoms with van der Waals surface area (Å²) in [5.41, 5.74) is 2.05. The molecule has 0 fully saturated rings. The van der Waals surface area contributed by atoms with E-state index in [1.54, 1.807) is 0 Å². The third-order valence-corrected chi connectivity index (χ3v) is 2.92. The van der Waals surface area contributed by atoms with E-state index in [4.69, 9.17) is 4.74 Å². The van der Waals surface area contributed by atoms with Gasteiger partial charge in [-0.2, -0.15) is 0 Å². The van der Waals surface area contributed by atoms with Crippen molar-refractivity contribution in [1.29, 1.82) is 0 Å². The third kappa shape index (κ3) is 3.09. The summed E-state index contributed by atoms with van der Waals surface area (Å²) >= 11 is 0. The van der Waals surface area contributed by atoms with Crippen molar-refractivity contribution in [3.63, 3.8) is 0 Å². The Morgan fingerprint density at radius 1 is 1.35 bits per heavy atom. The Morgan fingerprint density at radius 3 is 2.82 bits per heavy atom. The lowest BCUT2D eigenvalue weighted by Gasteiger charge is -2.19.